The molecule has 4 heteroatoms. The lowest BCUT2D eigenvalue weighted by Gasteiger charge is -2.32. The van der Waals surface area contributed by atoms with Gasteiger partial charge in [0.15, 0.2) is 0 Å². The van der Waals surface area contributed by atoms with E-state index in [2.05, 4.69) is 5.32 Å². The second-order valence-corrected chi connectivity index (χ2v) is 3.75. The van der Waals surface area contributed by atoms with E-state index in [1.807, 2.05) is 0 Å². The number of ether oxygens (including phenoxy) is 1. The molecule has 0 aliphatic carbocycles. The van der Waals surface area contributed by atoms with Crippen molar-refractivity contribution in [2.45, 2.75) is 30.8 Å². The summed E-state index contributed by atoms with van der Waals surface area (Å²) in [6.07, 6.45) is 1.37. The van der Waals surface area contributed by atoms with Crippen LogP contribution in [0.1, 0.15) is 19.3 Å². The van der Waals surface area contributed by atoms with Crippen molar-refractivity contribution in [2.75, 3.05) is 19.7 Å². The zero-order valence-corrected chi connectivity index (χ0v) is 6.91. The summed E-state index contributed by atoms with van der Waals surface area (Å²) < 4.78 is 30.9. The number of nitrogens with one attached hydrogen (secondary N) is 1. The van der Waals surface area contributed by atoms with Crippen LogP contribution < -0.4 is 5.32 Å². The quantitative estimate of drug-likeness (QED) is 0.599. The Morgan fingerprint density at radius 1 is 1.17 bits per heavy atom. The molecular weight excluding hydrogens is 164 g/mol. The molecule has 2 heterocycles. The van der Waals surface area contributed by atoms with E-state index in [-0.39, 0.29) is 13.0 Å². The Morgan fingerprint density at radius 3 is 2.33 bits per heavy atom. The first-order valence-corrected chi connectivity index (χ1v) is 4.35. The van der Waals surface area contributed by atoms with E-state index in [1.54, 1.807) is 0 Å². The summed E-state index contributed by atoms with van der Waals surface area (Å²) >= 11 is 0. The molecule has 1 spiro atoms. The fourth-order valence-corrected chi connectivity index (χ4v) is 2.04. The number of rotatable bonds is 0. The molecule has 0 aromatic carbocycles. The second kappa shape index (κ2) is 2.64. The summed E-state index contributed by atoms with van der Waals surface area (Å²) in [5, 5.41) is 3.14. The normalized spacial score (nSPS) is 32.5. The molecule has 0 atom stereocenters. The molecule has 2 aliphatic rings. The molecule has 0 radical (unpaired) electrons. The third-order valence-electron chi connectivity index (χ3n) is 2.69. The van der Waals surface area contributed by atoms with Gasteiger partial charge in [0, 0.05) is 6.42 Å². The molecule has 0 aromatic heterocycles. The minimum Gasteiger partial charge on any atom is -0.368 e. The Labute approximate surface area is 70.3 Å². The van der Waals surface area contributed by atoms with Crippen molar-refractivity contribution in [3.05, 3.63) is 0 Å². The van der Waals surface area contributed by atoms with Gasteiger partial charge < -0.3 is 10.1 Å². The molecule has 2 saturated heterocycles. The third-order valence-corrected chi connectivity index (χ3v) is 2.69. The van der Waals surface area contributed by atoms with Crippen molar-refractivity contribution in [2.24, 2.45) is 0 Å². The summed E-state index contributed by atoms with van der Waals surface area (Å²) in [6.45, 7) is 1.22. The topological polar surface area (TPSA) is 21.3 Å². The van der Waals surface area contributed by atoms with Crippen LogP contribution in [-0.2, 0) is 4.74 Å². The summed E-state index contributed by atoms with van der Waals surface area (Å²) in [4.78, 5) is 0. The van der Waals surface area contributed by atoms with Crippen LogP contribution in [0.15, 0.2) is 0 Å². The third kappa shape index (κ3) is 1.45. The van der Waals surface area contributed by atoms with Crippen molar-refractivity contribution < 1.29 is 13.5 Å². The highest BCUT2D eigenvalue weighted by Crippen LogP contribution is 2.41. The van der Waals surface area contributed by atoms with Gasteiger partial charge in [0.1, 0.15) is 6.61 Å². The molecule has 2 nitrogen and oxygen atoms in total. The average Bonchev–Trinajstić information content (AvgIpc) is 2.29. The number of piperidine rings is 1. The molecule has 0 amide bonds. The van der Waals surface area contributed by atoms with Crippen LogP contribution in [0.4, 0.5) is 8.78 Å². The Hall–Kier alpha value is -0.220. The van der Waals surface area contributed by atoms with E-state index < -0.39 is 11.5 Å². The highest BCUT2D eigenvalue weighted by Gasteiger charge is 2.50. The summed E-state index contributed by atoms with van der Waals surface area (Å²) in [5.74, 6) is -2.59. The zero-order chi connectivity index (χ0) is 8.66. The molecule has 70 valence electrons. The van der Waals surface area contributed by atoms with Gasteiger partial charge >= 0.3 is 0 Å². The Morgan fingerprint density at radius 2 is 1.83 bits per heavy atom. The van der Waals surface area contributed by atoms with Crippen molar-refractivity contribution in [3.8, 4) is 0 Å². The second-order valence-electron chi connectivity index (χ2n) is 3.75. The van der Waals surface area contributed by atoms with E-state index in [9.17, 15) is 8.78 Å². The molecular formula is C8H13F2NO. The number of alkyl halides is 2. The standard InChI is InChI=1S/C8H13F2NO/c9-8(10)5-7(12-6-8)1-3-11-4-2-7/h11H,1-6H2. The first-order valence-electron chi connectivity index (χ1n) is 4.35. The lowest BCUT2D eigenvalue weighted by atomic mass is 9.89. The van der Waals surface area contributed by atoms with Crippen molar-refractivity contribution >= 4 is 0 Å². The molecule has 0 bridgehead atoms. The highest BCUT2D eigenvalue weighted by molar-refractivity contribution is 4.95. The monoisotopic (exact) mass is 177 g/mol. The molecule has 1 N–H and O–H groups in total. The van der Waals surface area contributed by atoms with Crippen LogP contribution in [0, 0.1) is 0 Å². The molecule has 2 aliphatic heterocycles. The molecule has 12 heavy (non-hydrogen) atoms. The van der Waals surface area contributed by atoms with E-state index in [0.717, 1.165) is 25.9 Å². The first kappa shape index (κ1) is 8.38. The number of hydrogen-bond donors (Lipinski definition) is 1. The van der Waals surface area contributed by atoms with Crippen molar-refractivity contribution in [3.63, 3.8) is 0 Å². The van der Waals surface area contributed by atoms with E-state index in [1.165, 1.54) is 0 Å². The van der Waals surface area contributed by atoms with Crippen molar-refractivity contribution in [1.29, 1.82) is 0 Å². The highest BCUT2D eigenvalue weighted by atomic mass is 19.3. The molecule has 0 saturated carbocycles. The van der Waals surface area contributed by atoms with E-state index in [4.69, 9.17) is 4.74 Å². The van der Waals surface area contributed by atoms with Gasteiger partial charge in [-0.2, -0.15) is 0 Å². The zero-order valence-electron chi connectivity index (χ0n) is 6.91. The number of halogens is 2. The fourth-order valence-electron chi connectivity index (χ4n) is 2.04. The van der Waals surface area contributed by atoms with Crippen LogP contribution in [0.2, 0.25) is 0 Å². The predicted molar refractivity (Wildman–Crippen MR) is 40.4 cm³/mol. The van der Waals surface area contributed by atoms with Gasteiger partial charge in [0.25, 0.3) is 5.92 Å². The minimum atomic E-state index is -2.59. The lowest BCUT2D eigenvalue weighted by molar-refractivity contribution is -0.0343. The summed E-state index contributed by atoms with van der Waals surface area (Å²) in [7, 11) is 0. The maximum absolute atomic E-state index is 12.8. The van der Waals surface area contributed by atoms with Crippen LogP contribution >= 0.6 is 0 Å². The SMILES string of the molecule is FC1(F)COC2(CCNCC2)C1. The van der Waals surface area contributed by atoms with Crippen LogP contribution in [0.25, 0.3) is 0 Å². The smallest absolute Gasteiger partial charge is 0.273 e. The van der Waals surface area contributed by atoms with Gasteiger partial charge in [-0.05, 0) is 25.9 Å². The largest absolute Gasteiger partial charge is 0.368 e. The van der Waals surface area contributed by atoms with Gasteiger partial charge in [-0.25, -0.2) is 8.78 Å². The van der Waals surface area contributed by atoms with Gasteiger partial charge in [-0.1, -0.05) is 0 Å². The fraction of sp³-hybridized carbons (Fsp3) is 1.00. The van der Waals surface area contributed by atoms with Gasteiger partial charge in [0.2, 0.25) is 0 Å². The molecule has 2 rings (SSSR count). The molecule has 2 fully saturated rings. The number of hydrogen-bond acceptors (Lipinski definition) is 2. The van der Waals surface area contributed by atoms with E-state index in [0.29, 0.717) is 0 Å². The minimum absolute atomic E-state index is 0.0817. The molecule has 0 unspecified atom stereocenters. The Balaban J connectivity index is 2.03. The summed E-state index contributed by atoms with van der Waals surface area (Å²) in [5.41, 5.74) is -0.505. The van der Waals surface area contributed by atoms with Gasteiger partial charge in [-0.3, -0.25) is 0 Å². The lowest BCUT2D eigenvalue weighted by Crippen LogP contribution is -2.41. The van der Waals surface area contributed by atoms with Crippen LogP contribution in [0.3, 0.4) is 0 Å². The van der Waals surface area contributed by atoms with Gasteiger partial charge in [-0.15, -0.1) is 0 Å². The van der Waals surface area contributed by atoms with Crippen LogP contribution in [-0.4, -0.2) is 31.2 Å². The maximum atomic E-state index is 12.8. The first-order chi connectivity index (χ1) is 5.62. The summed E-state index contributed by atoms with van der Waals surface area (Å²) in [6, 6.07) is 0. The Bertz CT molecular complexity index is 178. The maximum Gasteiger partial charge on any atom is 0.273 e. The van der Waals surface area contributed by atoms with Crippen LogP contribution in [0.5, 0.6) is 0 Å². The Kier molecular flexibility index (Phi) is 1.84. The van der Waals surface area contributed by atoms with Gasteiger partial charge in [0.05, 0.1) is 5.60 Å². The van der Waals surface area contributed by atoms with E-state index >= 15 is 0 Å². The molecule has 0 aromatic rings. The van der Waals surface area contributed by atoms with Crippen molar-refractivity contribution in [1.82, 2.24) is 5.32 Å². The predicted octanol–water partition coefficient (Wildman–Crippen LogP) is 1.16. The average molecular weight is 177 g/mol.